The Bertz CT molecular complexity index is 497. The van der Waals surface area contributed by atoms with E-state index in [4.69, 9.17) is 5.73 Å². The summed E-state index contributed by atoms with van der Waals surface area (Å²) in [5.41, 5.74) is 5.86. The lowest BCUT2D eigenvalue weighted by atomic mass is 10.1. The maximum atomic E-state index is 12.0. The molecule has 6 heteroatoms. The third-order valence-corrected chi connectivity index (χ3v) is 3.16. The van der Waals surface area contributed by atoms with Crippen molar-refractivity contribution in [2.45, 2.75) is 38.6 Å². The highest BCUT2D eigenvalue weighted by Crippen LogP contribution is 2.30. The van der Waals surface area contributed by atoms with Gasteiger partial charge in [0.25, 0.3) is 5.56 Å². The second-order valence-corrected chi connectivity index (χ2v) is 4.55. The van der Waals surface area contributed by atoms with Crippen molar-refractivity contribution in [2.75, 3.05) is 12.3 Å². The Kier molecular flexibility index (Phi) is 3.64. The Morgan fingerprint density at radius 3 is 3.11 bits per heavy atom. The van der Waals surface area contributed by atoms with E-state index in [0.717, 1.165) is 25.8 Å². The van der Waals surface area contributed by atoms with E-state index < -0.39 is 0 Å². The molecule has 0 radical (unpaired) electrons. The number of hydrogen-bond acceptors (Lipinski definition) is 4. The van der Waals surface area contributed by atoms with E-state index in [1.54, 1.807) is 0 Å². The highest BCUT2D eigenvalue weighted by atomic mass is 16.2. The Morgan fingerprint density at radius 2 is 2.44 bits per heavy atom. The van der Waals surface area contributed by atoms with Gasteiger partial charge in [-0.1, -0.05) is 6.92 Å². The third kappa shape index (κ3) is 2.52. The normalized spacial score (nSPS) is 19.2. The molecule has 6 nitrogen and oxygen atoms in total. The van der Waals surface area contributed by atoms with Gasteiger partial charge in [0, 0.05) is 19.0 Å². The van der Waals surface area contributed by atoms with Crippen LogP contribution in [-0.4, -0.2) is 27.3 Å². The van der Waals surface area contributed by atoms with Crippen molar-refractivity contribution in [3.05, 3.63) is 22.1 Å². The van der Waals surface area contributed by atoms with Gasteiger partial charge in [-0.15, -0.1) is 0 Å². The topological polar surface area (TPSA) is 92.1 Å². The number of H-pyrrole nitrogens is 1. The summed E-state index contributed by atoms with van der Waals surface area (Å²) in [7, 11) is 0. The number of nitrogens with one attached hydrogen (secondary N) is 1. The molecule has 0 saturated carbocycles. The third-order valence-electron chi connectivity index (χ3n) is 3.16. The second kappa shape index (κ2) is 5.20. The minimum atomic E-state index is -0.271. The first-order chi connectivity index (χ1) is 8.61. The van der Waals surface area contributed by atoms with Crippen LogP contribution in [0.1, 0.15) is 44.3 Å². The molecule has 1 aromatic heterocycles. The fourth-order valence-corrected chi connectivity index (χ4v) is 2.40. The first kappa shape index (κ1) is 12.6. The number of nitrogens with two attached hydrogens (primary N) is 1. The Hall–Kier alpha value is -1.85. The Labute approximate surface area is 105 Å². The fraction of sp³-hybridized carbons (Fsp3) is 0.583. The zero-order chi connectivity index (χ0) is 13.1. The zero-order valence-corrected chi connectivity index (χ0v) is 10.5. The van der Waals surface area contributed by atoms with Crippen LogP contribution in [-0.2, 0) is 4.79 Å². The van der Waals surface area contributed by atoms with Crippen LogP contribution in [0.3, 0.4) is 0 Å². The van der Waals surface area contributed by atoms with Crippen molar-refractivity contribution in [1.29, 1.82) is 0 Å². The average molecular weight is 250 g/mol. The van der Waals surface area contributed by atoms with E-state index in [9.17, 15) is 9.59 Å². The maximum Gasteiger partial charge on any atom is 0.252 e. The van der Waals surface area contributed by atoms with Crippen LogP contribution >= 0.6 is 0 Å². The van der Waals surface area contributed by atoms with Crippen molar-refractivity contribution in [1.82, 2.24) is 14.9 Å². The fourth-order valence-electron chi connectivity index (χ4n) is 2.40. The molecule has 1 aliphatic heterocycles. The van der Waals surface area contributed by atoms with Crippen LogP contribution in [0.25, 0.3) is 0 Å². The molecular formula is C12H18N4O2. The first-order valence-corrected chi connectivity index (χ1v) is 6.28. The molecule has 0 aromatic carbocycles. The van der Waals surface area contributed by atoms with Crippen LogP contribution < -0.4 is 11.3 Å². The van der Waals surface area contributed by atoms with Crippen LogP contribution in [0.15, 0.2) is 10.9 Å². The molecule has 2 rings (SSSR count). The van der Waals surface area contributed by atoms with E-state index in [0.29, 0.717) is 12.1 Å². The summed E-state index contributed by atoms with van der Waals surface area (Å²) in [6, 6.07) is 1.33. The standard InChI is InChI=1S/C12H18N4O2/c1-2-4-11(18)16-6-3-5-9(16)8-7-10(17)15-12(13)14-8/h7,9H,2-6H2,1H3,(H3,13,14,15,17). The molecule has 1 atom stereocenters. The van der Waals surface area contributed by atoms with Crippen molar-refractivity contribution < 1.29 is 4.79 Å². The van der Waals surface area contributed by atoms with Crippen LogP contribution in [0.4, 0.5) is 5.95 Å². The predicted molar refractivity (Wildman–Crippen MR) is 67.9 cm³/mol. The van der Waals surface area contributed by atoms with Gasteiger partial charge in [0.2, 0.25) is 11.9 Å². The summed E-state index contributed by atoms with van der Waals surface area (Å²) in [6.07, 6.45) is 3.14. The Balaban J connectivity index is 2.25. The summed E-state index contributed by atoms with van der Waals surface area (Å²) in [4.78, 5) is 31.7. The van der Waals surface area contributed by atoms with E-state index >= 15 is 0 Å². The molecule has 0 aliphatic carbocycles. The van der Waals surface area contributed by atoms with Gasteiger partial charge in [-0.3, -0.25) is 14.6 Å². The number of nitrogen functional groups attached to an aromatic ring is 1. The van der Waals surface area contributed by atoms with E-state index in [-0.39, 0.29) is 23.5 Å². The smallest absolute Gasteiger partial charge is 0.252 e. The number of aromatic amines is 1. The quantitative estimate of drug-likeness (QED) is 0.830. The van der Waals surface area contributed by atoms with Crippen molar-refractivity contribution in [2.24, 2.45) is 0 Å². The van der Waals surface area contributed by atoms with E-state index in [1.807, 2.05) is 11.8 Å². The molecule has 1 amide bonds. The van der Waals surface area contributed by atoms with Gasteiger partial charge in [-0.05, 0) is 19.3 Å². The lowest BCUT2D eigenvalue weighted by molar-refractivity contribution is -0.132. The molecule has 1 fully saturated rings. The summed E-state index contributed by atoms with van der Waals surface area (Å²) in [6.45, 7) is 2.71. The summed E-state index contributed by atoms with van der Waals surface area (Å²) < 4.78 is 0. The maximum absolute atomic E-state index is 12.0. The molecule has 0 bridgehead atoms. The van der Waals surface area contributed by atoms with E-state index in [1.165, 1.54) is 6.07 Å². The minimum absolute atomic E-state index is 0.103. The number of carbonyl (C=O) groups excluding carboxylic acids is 1. The van der Waals surface area contributed by atoms with Crippen LogP contribution in [0.2, 0.25) is 0 Å². The van der Waals surface area contributed by atoms with Crippen molar-refractivity contribution in [3.8, 4) is 0 Å². The van der Waals surface area contributed by atoms with Crippen molar-refractivity contribution >= 4 is 11.9 Å². The lowest BCUT2D eigenvalue weighted by Gasteiger charge is -2.24. The molecule has 1 unspecified atom stereocenters. The number of likely N-dealkylation sites (tertiary alicyclic amines) is 1. The van der Waals surface area contributed by atoms with Gasteiger partial charge in [-0.2, -0.15) is 0 Å². The van der Waals surface area contributed by atoms with Gasteiger partial charge >= 0.3 is 0 Å². The largest absolute Gasteiger partial charge is 0.369 e. The number of anilines is 1. The first-order valence-electron chi connectivity index (χ1n) is 6.28. The molecule has 18 heavy (non-hydrogen) atoms. The average Bonchev–Trinajstić information content (AvgIpc) is 2.76. The van der Waals surface area contributed by atoms with E-state index in [2.05, 4.69) is 9.97 Å². The van der Waals surface area contributed by atoms with Gasteiger partial charge < -0.3 is 10.6 Å². The predicted octanol–water partition coefficient (Wildman–Crippen LogP) is 0.816. The zero-order valence-electron chi connectivity index (χ0n) is 10.5. The summed E-state index contributed by atoms with van der Waals surface area (Å²) >= 11 is 0. The summed E-state index contributed by atoms with van der Waals surface area (Å²) in [5.74, 6) is 0.230. The highest BCUT2D eigenvalue weighted by molar-refractivity contribution is 5.76. The molecule has 98 valence electrons. The number of hydrogen-bond donors (Lipinski definition) is 2. The highest BCUT2D eigenvalue weighted by Gasteiger charge is 2.30. The molecular weight excluding hydrogens is 232 g/mol. The minimum Gasteiger partial charge on any atom is -0.369 e. The molecule has 3 N–H and O–H groups in total. The molecule has 1 saturated heterocycles. The lowest BCUT2D eigenvalue weighted by Crippen LogP contribution is -2.31. The number of nitrogens with zero attached hydrogens (tertiary/aromatic N) is 2. The van der Waals surface area contributed by atoms with Gasteiger partial charge in [0.05, 0.1) is 11.7 Å². The number of amides is 1. The number of carbonyl (C=O) groups is 1. The van der Waals surface area contributed by atoms with Crippen LogP contribution in [0.5, 0.6) is 0 Å². The molecule has 0 spiro atoms. The van der Waals surface area contributed by atoms with Gasteiger partial charge in [-0.25, -0.2) is 4.98 Å². The molecule has 1 aromatic rings. The SMILES string of the molecule is CCCC(=O)N1CCCC1c1cc(=O)[nH]c(N)n1. The summed E-state index contributed by atoms with van der Waals surface area (Å²) in [5, 5.41) is 0. The second-order valence-electron chi connectivity index (χ2n) is 4.55. The van der Waals surface area contributed by atoms with Gasteiger partial charge in [0.15, 0.2) is 0 Å². The number of aromatic nitrogens is 2. The number of rotatable bonds is 3. The van der Waals surface area contributed by atoms with Crippen molar-refractivity contribution in [3.63, 3.8) is 0 Å². The van der Waals surface area contributed by atoms with Crippen LogP contribution in [0, 0.1) is 0 Å². The monoisotopic (exact) mass is 250 g/mol. The molecule has 1 aliphatic rings. The van der Waals surface area contributed by atoms with Gasteiger partial charge in [0.1, 0.15) is 0 Å². The Morgan fingerprint density at radius 1 is 1.67 bits per heavy atom. The molecule has 2 heterocycles.